The summed E-state index contributed by atoms with van der Waals surface area (Å²) in [5.41, 5.74) is -0.744. The van der Waals surface area contributed by atoms with E-state index in [0.29, 0.717) is 0 Å². The van der Waals surface area contributed by atoms with E-state index in [2.05, 4.69) is 10.0 Å². The van der Waals surface area contributed by atoms with Gasteiger partial charge in [-0.05, 0) is 37.1 Å². The van der Waals surface area contributed by atoms with Crippen molar-refractivity contribution in [2.45, 2.75) is 23.8 Å². The minimum absolute atomic E-state index is 0.107. The molecule has 2 aromatic carbocycles. The van der Waals surface area contributed by atoms with Crippen molar-refractivity contribution in [1.29, 1.82) is 0 Å². The molecule has 2 aromatic rings. The lowest BCUT2D eigenvalue weighted by atomic mass is 10.2. The maximum Gasteiger partial charge on any atom is 0.294 e. The molecule has 0 saturated heterocycles. The number of amides is 1. The van der Waals surface area contributed by atoms with Crippen LogP contribution < -0.4 is 10.0 Å². The van der Waals surface area contributed by atoms with Gasteiger partial charge in [-0.1, -0.05) is 34.8 Å². The molecular formula is C16H12Cl3N3O5S. The summed E-state index contributed by atoms with van der Waals surface area (Å²) in [6.07, 6.45) is 1.44. The lowest BCUT2D eigenvalue weighted by Gasteiger charge is -2.12. The number of carbonyl (C=O) groups is 1. The summed E-state index contributed by atoms with van der Waals surface area (Å²) in [5.74, 6) is -0.838. The average Bonchev–Trinajstić information content (AvgIpc) is 3.39. The van der Waals surface area contributed by atoms with Crippen LogP contribution in [0.5, 0.6) is 0 Å². The van der Waals surface area contributed by atoms with Gasteiger partial charge in [-0.15, -0.1) is 0 Å². The van der Waals surface area contributed by atoms with Crippen LogP contribution in [0.3, 0.4) is 0 Å². The molecule has 0 bridgehead atoms. The first-order valence-electron chi connectivity index (χ1n) is 7.85. The highest BCUT2D eigenvalue weighted by molar-refractivity contribution is 7.89. The van der Waals surface area contributed by atoms with Crippen molar-refractivity contribution in [1.82, 2.24) is 4.72 Å². The summed E-state index contributed by atoms with van der Waals surface area (Å²) in [5, 5.41) is 13.4. The van der Waals surface area contributed by atoms with Gasteiger partial charge in [0.1, 0.15) is 10.6 Å². The fourth-order valence-corrected chi connectivity index (χ4v) is 4.67. The summed E-state index contributed by atoms with van der Waals surface area (Å²) in [7, 11) is -3.95. The number of nitro benzene ring substituents is 1. The number of halogens is 3. The molecule has 3 rings (SSSR count). The van der Waals surface area contributed by atoms with Crippen LogP contribution in [-0.2, 0) is 10.0 Å². The van der Waals surface area contributed by atoms with E-state index < -0.39 is 26.5 Å². The highest BCUT2D eigenvalue weighted by Crippen LogP contribution is 2.32. The van der Waals surface area contributed by atoms with E-state index in [4.69, 9.17) is 34.8 Å². The standard InChI is InChI=1S/C16H12Cl3N3O5S/c17-8-1-4-13(14(5-8)22(24)25)20-16(23)10-6-15(12(19)7-11(10)18)28(26,27)21-9-2-3-9/h1,4-7,9,21H,2-3H2,(H,20,23). The molecule has 28 heavy (non-hydrogen) atoms. The number of rotatable bonds is 6. The Morgan fingerprint density at radius 3 is 2.39 bits per heavy atom. The lowest BCUT2D eigenvalue weighted by Crippen LogP contribution is -2.26. The molecule has 8 nitrogen and oxygen atoms in total. The number of nitrogens with one attached hydrogen (secondary N) is 2. The third-order valence-corrected chi connectivity index (χ3v) is 6.39. The van der Waals surface area contributed by atoms with Crippen molar-refractivity contribution in [2.24, 2.45) is 0 Å². The number of hydrogen-bond donors (Lipinski definition) is 2. The Hall–Kier alpha value is -1.91. The molecule has 0 aliphatic heterocycles. The summed E-state index contributed by atoms with van der Waals surface area (Å²) < 4.78 is 27.4. The van der Waals surface area contributed by atoms with Gasteiger partial charge in [-0.25, -0.2) is 13.1 Å². The van der Waals surface area contributed by atoms with Crippen LogP contribution in [0.15, 0.2) is 35.2 Å². The van der Waals surface area contributed by atoms with Gasteiger partial charge in [0, 0.05) is 17.1 Å². The minimum Gasteiger partial charge on any atom is -0.316 e. The van der Waals surface area contributed by atoms with Crippen LogP contribution in [0.25, 0.3) is 0 Å². The van der Waals surface area contributed by atoms with Crippen LogP contribution in [0.2, 0.25) is 15.1 Å². The van der Waals surface area contributed by atoms with Crippen molar-refractivity contribution in [3.8, 4) is 0 Å². The van der Waals surface area contributed by atoms with Crippen LogP contribution >= 0.6 is 34.8 Å². The van der Waals surface area contributed by atoms with Crippen molar-refractivity contribution in [2.75, 3.05) is 5.32 Å². The first-order chi connectivity index (χ1) is 13.1. The van der Waals surface area contributed by atoms with Crippen LogP contribution in [0.4, 0.5) is 11.4 Å². The monoisotopic (exact) mass is 463 g/mol. The molecule has 0 radical (unpaired) electrons. The maximum atomic E-state index is 12.6. The van der Waals surface area contributed by atoms with Crippen molar-refractivity contribution < 1.29 is 18.1 Å². The van der Waals surface area contributed by atoms with E-state index in [1.54, 1.807) is 0 Å². The topological polar surface area (TPSA) is 118 Å². The molecule has 148 valence electrons. The first kappa shape index (κ1) is 20.8. The Bertz CT molecular complexity index is 1090. The largest absolute Gasteiger partial charge is 0.316 e. The number of carbonyl (C=O) groups excluding carboxylic acids is 1. The van der Waals surface area contributed by atoms with E-state index in [1.165, 1.54) is 12.1 Å². The van der Waals surface area contributed by atoms with Crippen LogP contribution in [0.1, 0.15) is 23.2 Å². The Kier molecular flexibility index (Phi) is 5.83. The predicted molar refractivity (Wildman–Crippen MR) is 106 cm³/mol. The zero-order valence-electron chi connectivity index (χ0n) is 13.9. The van der Waals surface area contributed by atoms with E-state index in [1.807, 2.05) is 0 Å². The molecule has 0 aromatic heterocycles. The lowest BCUT2D eigenvalue weighted by molar-refractivity contribution is -0.383. The van der Waals surface area contributed by atoms with Crippen molar-refractivity contribution in [3.63, 3.8) is 0 Å². The molecule has 0 atom stereocenters. The number of sulfonamides is 1. The van der Waals surface area contributed by atoms with Gasteiger partial charge in [-0.3, -0.25) is 14.9 Å². The number of nitrogens with zero attached hydrogens (tertiary/aromatic N) is 1. The molecule has 12 heteroatoms. The van der Waals surface area contributed by atoms with Gasteiger partial charge in [0.05, 0.1) is 20.5 Å². The zero-order chi connectivity index (χ0) is 20.6. The average molecular weight is 465 g/mol. The third kappa shape index (κ3) is 4.56. The molecular weight excluding hydrogens is 453 g/mol. The Labute approximate surface area is 175 Å². The van der Waals surface area contributed by atoms with E-state index in [9.17, 15) is 23.3 Å². The van der Waals surface area contributed by atoms with Gasteiger partial charge in [0.25, 0.3) is 11.6 Å². The predicted octanol–water partition coefficient (Wildman–Crippen LogP) is 4.25. The van der Waals surface area contributed by atoms with Crippen LogP contribution in [-0.4, -0.2) is 25.3 Å². The Morgan fingerprint density at radius 2 is 1.79 bits per heavy atom. The minimum atomic E-state index is -3.95. The quantitative estimate of drug-likeness (QED) is 0.489. The van der Waals surface area contributed by atoms with E-state index in [0.717, 1.165) is 31.0 Å². The number of anilines is 1. The molecule has 2 N–H and O–H groups in total. The maximum absolute atomic E-state index is 12.6. The van der Waals surface area contributed by atoms with Crippen molar-refractivity contribution >= 4 is 62.1 Å². The number of benzene rings is 2. The summed E-state index contributed by atoms with van der Waals surface area (Å²) in [6, 6.07) is 5.71. The van der Waals surface area contributed by atoms with Gasteiger partial charge < -0.3 is 5.32 Å². The fourth-order valence-electron chi connectivity index (χ4n) is 2.34. The van der Waals surface area contributed by atoms with E-state index >= 15 is 0 Å². The molecule has 0 heterocycles. The molecule has 1 fully saturated rings. The molecule has 1 aliphatic carbocycles. The normalized spacial score (nSPS) is 14.0. The molecule has 0 spiro atoms. The molecule has 1 saturated carbocycles. The highest BCUT2D eigenvalue weighted by atomic mass is 35.5. The third-order valence-electron chi connectivity index (χ3n) is 3.86. The zero-order valence-corrected chi connectivity index (χ0v) is 17.0. The highest BCUT2D eigenvalue weighted by Gasteiger charge is 2.30. The summed E-state index contributed by atoms with van der Waals surface area (Å²) in [6.45, 7) is 0. The van der Waals surface area contributed by atoms with E-state index in [-0.39, 0.29) is 37.3 Å². The Morgan fingerprint density at radius 1 is 1.11 bits per heavy atom. The van der Waals surface area contributed by atoms with Gasteiger partial charge in [0.15, 0.2) is 0 Å². The first-order valence-corrected chi connectivity index (χ1v) is 10.5. The molecule has 1 aliphatic rings. The Balaban J connectivity index is 1.96. The smallest absolute Gasteiger partial charge is 0.294 e. The molecule has 1 amide bonds. The molecule has 0 unspecified atom stereocenters. The second-order valence-electron chi connectivity index (χ2n) is 6.03. The van der Waals surface area contributed by atoms with Crippen LogP contribution in [0, 0.1) is 10.1 Å². The second kappa shape index (κ2) is 7.84. The number of nitro groups is 1. The van der Waals surface area contributed by atoms with Gasteiger partial charge in [0.2, 0.25) is 10.0 Å². The number of hydrogen-bond acceptors (Lipinski definition) is 5. The van der Waals surface area contributed by atoms with Crippen molar-refractivity contribution in [3.05, 3.63) is 61.1 Å². The SMILES string of the molecule is O=C(Nc1ccc(Cl)cc1[N+](=O)[O-])c1cc(S(=O)(=O)NC2CC2)c(Cl)cc1Cl. The summed E-state index contributed by atoms with van der Waals surface area (Å²) in [4.78, 5) is 22.8. The van der Waals surface area contributed by atoms with Gasteiger partial charge in [-0.2, -0.15) is 0 Å². The van der Waals surface area contributed by atoms with Gasteiger partial charge >= 0.3 is 0 Å². The second-order valence-corrected chi connectivity index (χ2v) is 8.96. The fraction of sp³-hybridized carbons (Fsp3) is 0.188. The summed E-state index contributed by atoms with van der Waals surface area (Å²) >= 11 is 17.8.